The normalized spacial score (nSPS) is 16.3. The van der Waals surface area contributed by atoms with Crippen LogP contribution in [0.3, 0.4) is 0 Å². The molecule has 0 saturated carbocycles. The molecule has 0 radical (unpaired) electrons. The fourth-order valence-corrected chi connectivity index (χ4v) is 1.89. The highest BCUT2D eigenvalue weighted by Crippen LogP contribution is 2.11. The molecule has 0 unspecified atom stereocenters. The first-order valence-electron chi connectivity index (χ1n) is 6.32. The van der Waals surface area contributed by atoms with Crippen molar-refractivity contribution in [3.8, 4) is 0 Å². The third-order valence-electron chi connectivity index (χ3n) is 2.92. The van der Waals surface area contributed by atoms with Gasteiger partial charge < -0.3 is 10.1 Å². The number of nitrogens with zero attached hydrogens (tertiary/aromatic N) is 3. The maximum atomic E-state index is 13.4. The first kappa shape index (κ1) is 13.9. The zero-order valence-corrected chi connectivity index (χ0v) is 10.7. The minimum atomic E-state index is -0.481. The van der Waals surface area contributed by atoms with E-state index in [1.165, 1.54) is 0 Å². The van der Waals surface area contributed by atoms with Crippen LogP contribution in [0.1, 0.15) is 6.42 Å². The molecule has 8 heteroatoms. The molecule has 1 aromatic heterocycles. The van der Waals surface area contributed by atoms with Crippen molar-refractivity contribution in [2.75, 3.05) is 50.1 Å². The topological polar surface area (TPSA) is 88.3 Å². The molecule has 0 aliphatic carbocycles. The Morgan fingerprint density at radius 2 is 2.21 bits per heavy atom. The Kier molecular flexibility index (Phi) is 5.25. The number of nitrogen functional groups attached to an aromatic ring is 1. The third kappa shape index (κ3) is 4.27. The molecule has 106 valence electrons. The number of hydrogen-bond donors (Lipinski definition) is 3. The standard InChI is InChI=1S/C11H19FN6O/c12-9-8-15-11(17-13)16-10(9)14-2-1-3-18-4-6-19-7-5-18/h8H,1-7,13H2,(H2,14,15,16,17). The number of morpholine rings is 1. The van der Waals surface area contributed by atoms with Gasteiger partial charge in [-0.05, 0) is 13.0 Å². The number of hydrazine groups is 1. The van der Waals surface area contributed by atoms with E-state index in [2.05, 4.69) is 25.6 Å². The van der Waals surface area contributed by atoms with Crippen LogP contribution in [0.15, 0.2) is 6.20 Å². The molecule has 4 N–H and O–H groups in total. The van der Waals surface area contributed by atoms with E-state index in [1.807, 2.05) is 0 Å². The molecule has 0 spiro atoms. The van der Waals surface area contributed by atoms with Gasteiger partial charge in [0.2, 0.25) is 5.95 Å². The highest BCUT2D eigenvalue weighted by atomic mass is 19.1. The molecule has 0 aromatic carbocycles. The van der Waals surface area contributed by atoms with Crippen molar-refractivity contribution in [1.29, 1.82) is 0 Å². The van der Waals surface area contributed by atoms with Crippen molar-refractivity contribution in [2.45, 2.75) is 6.42 Å². The molecule has 1 aliphatic heterocycles. The first-order chi connectivity index (χ1) is 9.29. The predicted octanol–water partition coefficient (Wildman–Crippen LogP) is 0.0355. The summed E-state index contributed by atoms with van der Waals surface area (Å²) < 4.78 is 18.7. The van der Waals surface area contributed by atoms with Gasteiger partial charge in [0.25, 0.3) is 0 Å². The first-order valence-corrected chi connectivity index (χ1v) is 6.32. The van der Waals surface area contributed by atoms with E-state index in [0.717, 1.165) is 45.5 Å². The lowest BCUT2D eigenvalue weighted by atomic mass is 10.3. The average molecular weight is 270 g/mol. The van der Waals surface area contributed by atoms with Crippen molar-refractivity contribution in [3.63, 3.8) is 0 Å². The molecule has 19 heavy (non-hydrogen) atoms. The zero-order valence-electron chi connectivity index (χ0n) is 10.7. The molecular weight excluding hydrogens is 251 g/mol. The van der Waals surface area contributed by atoms with Gasteiger partial charge >= 0.3 is 0 Å². The number of aromatic nitrogens is 2. The fourth-order valence-electron chi connectivity index (χ4n) is 1.89. The third-order valence-corrected chi connectivity index (χ3v) is 2.92. The lowest BCUT2D eigenvalue weighted by molar-refractivity contribution is 0.0378. The van der Waals surface area contributed by atoms with Crippen LogP contribution in [0.2, 0.25) is 0 Å². The maximum Gasteiger partial charge on any atom is 0.239 e. The van der Waals surface area contributed by atoms with Crippen molar-refractivity contribution in [1.82, 2.24) is 14.9 Å². The molecule has 2 rings (SSSR count). The summed E-state index contributed by atoms with van der Waals surface area (Å²) >= 11 is 0. The van der Waals surface area contributed by atoms with E-state index < -0.39 is 5.82 Å². The average Bonchev–Trinajstić information content (AvgIpc) is 2.46. The molecule has 7 nitrogen and oxygen atoms in total. The zero-order chi connectivity index (χ0) is 13.5. The van der Waals surface area contributed by atoms with E-state index >= 15 is 0 Å². The quantitative estimate of drug-likeness (QED) is 0.382. The summed E-state index contributed by atoms with van der Waals surface area (Å²) in [5.41, 5.74) is 2.29. The number of nitrogens with two attached hydrogens (primary N) is 1. The second kappa shape index (κ2) is 7.17. The van der Waals surface area contributed by atoms with Crippen LogP contribution in [0.5, 0.6) is 0 Å². The van der Waals surface area contributed by atoms with Gasteiger partial charge in [0.05, 0.1) is 19.4 Å². The van der Waals surface area contributed by atoms with Crippen molar-refractivity contribution < 1.29 is 9.13 Å². The Balaban J connectivity index is 1.72. The van der Waals surface area contributed by atoms with Crippen LogP contribution in [-0.4, -0.2) is 54.3 Å². The molecule has 1 aliphatic rings. The maximum absolute atomic E-state index is 13.4. The highest BCUT2D eigenvalue weighted by molar-refractivity contribution is 5.40. The van der Waals surface area contributed by atoms with Crippen LogP contribution in [0.25, 0.3) is 0 Å². The summed E-state index contributed by atoms with van der Waals surface area (Å²) in [4.78, 5) is 9.91. The number of nitrogens with one attached hydrogen (secondary N) is 2. The molecule has 0 bridgehead atoms. The Bertz CT molecular complexity index is 399. The number of rotatable bonds is 6. The van der Waals surface area contributed by atoms with E-state index in [1.54, 1.807) is 0 Å². The number of halogens is 1. The van der Waals surface area contributed by atoms with Crippen LogP contribution in [0, 0.1) is 5.82 Å². The lowest BCUT2D eigenvalue weighted by Gasteiger charge is -2.26. The lowest BCUT2D eigenvalue weighted by Crippen LogP contribution is -2.37. The smallest absolute Gasteiger partial charge is 0.239 e. The highest BCUT2D eigenvalue weighted by Gasteiger charge is 2.10. The van der Waals surface area contributed by atoms with E-state index in [4.69, 9.17) is 10.6 Å². The fraction of sp³-hybridized carbons (Fsp3) is 0.636. The minimum absolute atomic E-state index is 0.171. The monoisotopic (exact) mass is 270 g/mol. The van der Waals surface area contributed by atoms with Gasteiger partial charge in [-0.25, -0.2) is 15.2 Å². The molecule has 1 saturated heterocycles. The molecule has 1 aromatic rings. The van der Waals surface area contributed by atoms with Gasteiger partial charge in [-0.1, -0.05) is 0 Å². The largest absolute Gasteiger partial charge is 0.379 e. The van der Waals surface area contributed by atoms with Gasteiger partial charge in [-0.15, -0.1) is 0 Å². The SMILES string of the molecule is NNc1ncc(F)c(NCCCN2CCOCC2)n1. The molecule has 0 amide bonds. The Morgan fingerprint density at radius 3 is 2.95 bits per heavy atom. The van der Waals surface area contributed by atoms with Gasteiger partial charge in [-0.2, -0.15) is 4.98 Å². The number of hydrogen-bond acceptors (Lipinski definition) is 7. The summed E-state index contributed by atoms with van der Waals surface area (Å²) in [6.45, 7) is 5.12. The molecule has 2 heterocycles. The summed E-state index contributed by atoms with van der Waals surface area (Å²) in [6.07, 6.45) is 2.00. The van der Waals surface area contributed by atoms with E-state index in [-0.39, 0.29) is 11.8 Å². The second-order valence-electron chi connectivity index (χ2n) is 4.27. The van der Waals surface area contributed by atoms with Gasteiger partial charge in [0, 0.05) is 19.6 Å². The molecule has 1 fully saturated rings. The van der Waals surface area contributed by atoms with Crippen molar-refractivity contribution in [3.05, 3.63) is 12.0 Å². The Labute approximate surface area is 111 Å². The predicted molar refractivity (Wildman–Crippen MR) is 70.2 cm³/mol. The number of ether oxygens (including phenoxy) is 1. The Morgan fingerprint density at radius 1 is 1.42 bits per heavy atom. The summed E-state index contributed by atoms with van der Waals surface area (Å²) in [6, 6.07) is 0. The second-order valence-corrected chi connectivity index (χ2v) is 4.27. The van der Waals surface area contributed by atoms with Crippen LogP contribution >= 0.6 is 0 Å². The van der Waals surface area contributed by atoms with Gasteiger partial charge in [-0.3, -0.25) is 10.3 Å². The number of anilines is 2. The van der Waals surface area contributed by atoms with Crippen LogP contribution in [0.4, 0.5) is 16.2 Å². The molecular formula is C11H19FN6O. The van der Waals surface area contributed by atoms with Crippen molar-refractivity contribution >= 4 is 11.8 Å². The minimum Gasteiger partial charge on any atom is -0.379 e. The van der Waals surface area contributed by atoms with Crippen molar-refractivity contribution in [2.24, 2.45) is 5.84 Å². The summed E-state index contributed by atoms with van der Waals surface area (Å²) in [5, 5.41) is 2.95. The van der Waals surface area contributed by atoms with Gasteiger partial charge in [0.1, 0.15) is 0 Å². The summed E-state index contributed by atoms with van der Waals surface area (Å²) in [5.74, 6) is 5.06. The van der Waals surface area contributed by atoms with E-state index in [0.29, 0.717) is 6.54 Å². The van der Waals surface area contributed by atoms with Gasteiger partial charge in [0.15, 0.2) is 11.6 Å². The Hall–Kier alpha value is -1.51. The molecule has 0 atom stereocenters. The van der Waals surface area contributed by atoms with Crippen LogP contribution in [-0.2, 0) is 4.74 Å². The van der Waals surface area contributed by atoms with Crippen LogP contribution < -0.4 is 16.6 Å². The van der Waals surface area contributed by atoms with E-state index in [9.17, 15) is 4.39 Å². The summed E-state index contributed by atoms with van der Waals surface area (Å²) in [7, 11) is 0.